The van der Waals surface area contributed by atoms with Gasteiger partial charge in [-0.1, -0.05) is 12.8 Å². The second kappa shape index (κ2) is 7.21. The van der Waals surface area contributed by atoms with Gasteiger partial charge in [-0.25, -0.2) is 0 Å². The van der Waals surface area contributed by atoms with Gasteiger partial charge in [0, 0.05) is 19.6 Å². The molecule has 4 heteroatoms. The van der Waals surface area contributed by atoms with Crippen LogP contribution >= 0.6 is 0 Å². The van der Waals surface area contributed by atoms with Crippen LogP contribution in [-0.4, -0.2) is 62.5 Å². The van der Waals surface area contributed by atoms with Gasteiger partial charge in [0.15, 0.2) is 0 Å². The molecule has 0 aromatic carbocycles. The summed E-state index contributed by atoms with van der Waals surface area (Å²) in [6.07, 6.45) is 9.62. The van der Waals surface area contributed by atoms with Gasteiger partial charge in [0.2, 0.25) is 0 Å². The van der Waals surface area contributed by atoms with E-state index >= 15 is 0 Å². The van der Waals surface area contributed by atoms with Gasteiger partial charge in [-0.3, -0.25) is 4.90 Å². The smallest absolute Gasteiger partial charge is 0.0708 e. The van der Waals surface area contributed by atoms with E-state index in [9.17, 15) is 0 Å². The molecule has 2 saturated heterocycles. The normalized spacial score (nSPS) is 30.3. The summed E-state index contributed by atoms with van der Waals surface area (Å²) in [6, 6.07) is 0. The summed E-state index contributed by atoms with van der Waals surface area (Å²) >= 11 is 0. The Hall–Kier alpha value is -0.160. The van der Waals surface area contributed by atoms with Gasteiger partial charge in [0.05, 0.1) is 24.9 Å². The van der Waals surface area contributed by atoms with Crippen LogP contribution in [0.4, 0.5) is 0 Å². The molecule has 4 nitrogen and oxygen atoms in total. The van der Waals surface area contributed by atoms with Crippen LogP contribution in [0.25, 0.3) is 0 Å². The highest BCUT2D eigenvalue weighted by Gasteiger charge is 2.41. The molecule has 2 aliphatic heterocycles. The van der Waals surface area contributed by atoms with E-state index in [0.29, 0.717) is 11.7 Å². The summed E-state index contributed by atoms with van der Waals surface area (Å²) in [5, 5.41) is 3.59. The number of nitrogens with zero attached hydrogens (tertiary/aromatic N) is 1. The van der Waals surface area contributed by atoms with E-state index in [1.807, 2.05) is 0 Å². The summed E-state index contributed by atoms with van der Waals surface area (Å²) in [6.45, 7) is 7.39. The highest BCUT2D eigenvalue weighted by molar-refractivity contribution is 4.93. The van der Waals surface area contributed by atoms with Gasteiger partial charge in [0.1, 0.15) is 0 Å². The maximum atomic E-state index is 6.32. The van der Waals surface area contributed by atoms with Crippen LogP contribution in [0.5, 0.6) is 0 Å². The average molecular weight is 282 g/mol. The minimum absolute atomic E-state index is 0.292. The van der Waals surface area contributed by atoms with Gasteiger partial charge < -0.3 is 14.8 Å². The second-order valence-corrected chi connectivity index (χ2v) is 6.68. The molecular weight excluding hydrogens is 252 g/mol. The fourth-order valence-electron chi connectivity index (χ4n) is 3.94. The zero-order valence-corrected chi connectivity index (χ0v) is 12.7. The van der Waals surface area contributed by atoms with Crippen LogP contribution in [0.1, 0.15) is 44.9 Å². The first-order chi connectivity index (χ1) is 9.86. The van der Waals surface area contributed by atoms with Crippen molar-refractivity contribution in [2.45, 2.75) is 56.7 Å². The van der Waals surface area contributed by atoms with E-state index in [-0.39, 0.29) is 0 Å². The van der Waals surface area contributed by atoms with Gasteiger partial charge in [-0.2, -0.15) is 0 Å². The topological polar surface area (TPSA) is 33.7 Å². The molecule has 1 atom stereocenters. The lowest BCUT2D eigenvalue weighted by atomic mass is 9.98. The molecule has 1 N–H and O–H groups in total. The molecular formula is C16H30N2O2. The quantitative estimate of drug-likeness (QED) is 0.753. The lowest BCUT2D eigenvalue weighted by molar-refractivity contribution is -0.0351. The van der Waals surface area contributed by atoms with E-state index in [1.165, 1.54) is 51.5 Å². The molecule has 3 aliphatic rings. The lowest BCUT2D eigenvalue weighted by Gasteiger charge is -2.26. The summed E-state index contributed by atoms with van der Waals surface area (Å²) in [5.74, 6) is 0. The van der Waals surface area contributed by atoms with Crippen LogP contribution < -0.4 is 5.32 Å². The molecule has 2 heterocycles. The van der Waals surface area contributed by atoms with Crippen molar-refractivity contribution in [3.05, 3.63) is 0 Å². The molecule has 1 unspecified atom stereocenters. The maximum absolute atomic E-state index is 6.32. The van der Waals surface area contributed by atoms with Gasteiger partial charge in [-0.15, -0.1) is 0 Å². The Morgan fingerprint density at radius 3 is 2.70 bits per heavy atom. The van der Waals surface area contributed by atoms with Gasteiger partial charge in [0.25, 0.3) is 0 Å². The number of rotatable bonds is 6. The zero-order valence-electron chi connectivity index (χ0n) is 12.7. The first kappa shape index (κ1) is 14.8. The first-order valence-electron chi connectivity index (χ1n) is 8.55. The molecule has 20 heavy (non-hydrogen) atoms. The standard InChI is InChI=1S/C16H30N2O2/c1-2-6-16(5-1)7-4-15(20-16)14-17-8-3-9-18-10-12-19-13-11-18/h15,17H,1-14H2. The van der Waals surface area contributed by atoms with Crippen molar-refractivity contribution < 1.29 is 9.47 Å². The van der Waals surface area contributed by atoms with E-state index in [2.05, 4.69) is 10.2 Å². The summed E-state index contributed by atoms with van der Waals surface area (Å²) in [7, 11) is 0. The minimum atomic E-state index is 0.292. The van der Waals surface area contributed by atoms with Crippen molar-refractivity contribution in [3.8, 4) is 0 Å². The van der Waals surface area contributed by atoms with Crippen molar-refractivity contribution in [1.29, 1.82) is 0 Å². The Balaban J connectivity index is 1.23. The molecule has 3 fully saturated rings. The van der Waals surface area contributed by atoms with Crippen molar-refractivity contribution in [2.24, 2.45) is 0 Å². The third-order valence-corrected chi connectivity index (χ3v) is 5.16. The predicted octanol–water partition coefficient (Wildman–Crippen LogP) is 1.79. The second-order valence-electron chi connectivity index (χ2n) is 6.68. The molecule has 1 saturated carbocycles. The number of hydrogen-bond donors (Lipinski definition) is 1. The highest BCUT2D eigenvalue weighted by Crippen LogP contribution is 2.43. The number of nitrogens with one attached hydrogen (secondary N) is 1. The van der Waals surface area contributed by atoms with Crippen LogP contribution in [0, 0.1) is 0 Å². The van der Waals surface area contributed by atoms with Gasteiger partial charge >= 0.3 is 0 Å². The Labute approximate surface area is 123 Å². The number of ether oxygens (including phenoxy) is 2. The average Bonchev–Trinajstić information content (AvgIpc) is 3.10. The molecule has 3 rings (SSSR count). The number of morpholine rings is 1. The van der Waals surface area contributed by atoms with Crippen molar-refractivity contribution >= 4 is 0 Å². The first-order valence-corrected chi connectivity index (χ1v) is 8.55. The van der Waals surface area contributed by atoms with Crippen LogP contribution in [0.2, 0.25) is 0 Å². The van der Waals surface area contributed by atoms with E-state index in [4.69, 9.17) is 9.47 Å². The molecule has 0 aromatic rings. The number of hydrogen-bond acceptors (Lipinski definition) is 4. The molecule has 0 amide bonds. The van der Waals surface area contributed by atoms with Crippen molar-refractivity contribution in [1.82, 2.24) is 10.2 Å². The molecule has 1 spiro atoms. The molecule has 0 aromatic heterocycles. The minimum Gasteiger partial charge on any atom is -0.379 e. The van der Waals surface area contributed by atoms with Crippen LogP contribution in [-0.2, 0) is 9.47 Å². The van der Waals surface area contributed by atoms with Crippen molar-refractivity contribution in [3.63, 3.8) is 0 Å². The van der Waals surface area contributed by atoms with Crippen LogP contribution in [0.15, 0.2) is 0 Å². The fraction of sp³-hybridized carbons (Fsp3) is 1.00. The molecule has 116 valence electrons. The molecule has 1 aliphatic carbocycles. The zero-order chi connectivity index (χ0) is 13.7. The summed E-state index contributed by atoms with van der Waals surface area (Å²) < 4.78 is 11.7. The largest absolute Gasteiger partial charge is 0.379 e. The Bertz CT molecular complexity index is 286. The fourth-order valence-corrected chi connectivity index (χ4v) is 3.94. The third-order valence-electron chi connectivity index (χ3n) is 5.16. The van der Waals surface area contributed by atoms with Crippen LogP contribution in [0.3, 0.4) is 0 Å². The van der Waals surface area contributed by atoms with E-state index in [0.717, 1.165) is 39.4 Å². The molecule has 0 bridgehead atoms. The van der Waals surface area contributed by atoms with Crippen molar-refractivity contribution in [2.75, 3.05) is 45.9 Å². The van der Waals surface area contributed by atoms with E-state index in [1.54, 1.807) is 0 Å². The summed E-state index contributed by atoms with van der Waals surface area (Å²) in [4.78, 5) is 2.50. The SMILES string of the molecule is C(CNCC1CCC2(CCCC2)O1)CN1CCOCC1. The third kappa shape index (κ3) is 3.94. The lowest BCUT2D eigenvalue weighted by Crippen LogP contribution is -2.38. The maximum Gasteiger partial charge on any atom is 0.0708 e. The Kier molecular flexibility index (Phi) is 5.32. The van der Waals surface area contributed by atoms with Gasteiger partial charge in [-0.05, 0) is 45.2 Å². The summed E-state index contributed by atoms with van der Waals surface area (Å²) in [5.41, 5.74) is 0.292. The monoisotopic (exact) mass is 282 g/mol. The highest BCUT2D eigenvalue weighted by atomic mass is 16.5. The van der Waals surface area contributed by atoms with E-state index < -0.39 is 0 Å². The Morgan fingerprint density at radius 1 is 1.10 bits per heavy atom. The molecule has 0 radical (unpaired) electrons. The predicted molar refractivity (Wildman–Crippen MR) is 80.1 cm³/mol. The Morgan fingerprint density at radius 2 is 1.90 bits per heavy atom.